The molecule has 0 radical (unpaired) electrons. The van der Waals surface area contributed by atoms with Crippen molar-refractivity contribution in [1.82, 2.24) is 14.5 Å². The highest BCUT2D eigenvalue weighted by Crippen LogP contribution is 2.32. The summed E-state index contributed by atoms with van der Waals surface area (Å²) in [7, 11) is 0. The molecule has 0 amide bonds. The van der Waals surface area contributed by atoms with Crippen LogP contribution < -0.4 is 5.73 Å². The van der Waals surface area contributed by atoms with Gasteiger partial charge in [0, 0.05) is 6.20 Å². The second-order valence-electron chi connectivity index (χ2n) is 8.07. The number of hydrogen-bond acceptors (Lipinski definition) is 9. The summed E-state index contributed by atoms with van der Waals surface area (Å²) < 4.78 is 22.7. The SMILES string of the molecule is C#C.CCC(CC)OC(=O)O.CCC(CC)OC(=O)OC[C@@H]1CC[C@H](n2ccc3c(N)nc(Cl)nc32)O1. The molecule has 0 spiro atoms. The number of anilines is 1. The first-order valence-electron chi connectivity index (χ1n) is 12.2. The Morgan fingerprint density at radius 3 is 2.27 bits per heavy atom. The van der Waals surface area contributed by atoms with Gasteiger partial charge < -0.3 is 34.4 Å². The Balaban J connectivity index is 0.000000529. The molecule has 2 atom stereocenters. The summed E-state index contributed by atoms with van der Waals surface area (Å²) in [6.07, 6.45) is 11.9. The molecule has 3 N–H and O–H groups in total. The quantitative estimate of drug-likeness (QED) is 0.227. The summed E-state index contributed by atoms with van der Waals surface area (Å²) in [6, 6.07) is 1.83. The standard InChI is InChI=1S/C17H23ClN4O4.C6H12O3.C2H2/c1-3-10(4-2)26-17(23)24-9-11-5-6-13(25-11)22-8-7-12-14(19)20-16(18)21-15(12)22;1-3-5(4-2)9-6(7)8;1-2/h7-8,10-11,13H,3-6,9H2,1-2H3,(H2,19,20,21);5H,3-4H2,1-2H3,(H,7,8);1-2H/t11-,13+;;/m0../s1. The first-order chi connectivity index (χ1) is 17.7. The van der Waals surface area contributed by atoms with Crippen molar-refractivity contribution < 1.29 is 33.6 Å². The van der Waals surface area contributed by atoms with Gasteiger partial charge in [0.1, 0.15) is 36.5 Å². The molecule has 0 aromatic carbocycles. The van der Waals surface area contributed by atoms with Crippen molar-refractivity contribution >= 4 is 40.8 Å². The summed E-state index contributed by atoms with van der Waals surface area (Å²) in [6.45, 7) is 7.90. The lowest BCUT2D eigenvalue weighted by Gasteiger charge is -2.17. The van der Waals surface area contributed by atoms with E-state index >= 15 is 0 Å². The van der Waals surface area contributed by atoms with Gasteiger partial charge in [-0.15, -0.1) is 12.8 Å². The Labute approximate surface area is 222 Å². The first-order valence-corrected chi connectivity index (χ1v) is 12.6. The molecule has 2 aromatic rings. The van der Waals surface area contributed by atoms with Gasteiger partial charge in [-0.05, 0) is 56.2 Å². The van der Waals surface area contributed by atoms with Crippen LogP contribution in [0.5, 0.6) is 0 Å². The minimum Gasteiger partial charge on any atom is -0.450 e. The van der Waals surface area contributed by atoms with Gasteiger partial charge in [0.25, 0.3) is 0 Å². The second kappa shape index (κ2) is 16.5. The van der Waals surface area contributed by atoms with E-state index in [0.29, 0.717) is 11.5 Å². The molecule has 3 heterocycles. The normalized spacial score (nSPS) is 16.5. The zero-order valence-corrected chi connectivity index (χ0v) is 22.5. The Hall–Kier alpha value is -3.23. The lowest BCUT2D eigenvalue weighted by atomic mass is 10.2. The number of nitrogen functional groups attached to an aromatic ring is 1. The Morgan fingerprint density at radius 1 is 1.14 bits per heavy atom. The number of carbonyl (C=O) groups excluding carboxylic acids is 1. The van der Waals surface area contributed by atoms with Crippen LogP contribution in [0.1, 0.15) is 72.4 Å². The predicted molar refractivity (Wildman–Crippen MR) is 140 cm³/mol. The van der Waals surface area contributed by atoms with E-state index < -0.39 is 12.3 Å². The number of fused-ring (bicyclic) bond motifs is 1. The van der Waals surface area contributed by atoms with Gasteiger partial charge in [-0.25, -0.2) is 14.6 Å². The zero-order valence-electron chi connectivity index (χ0n) is 21.8. The number of ether oxygens (including phenoxy) is 4. The van der Waals surface area contributed by atoms with E-state index in [2.05, 4.69) is 27.6 Å². The van der Waals surface area contributed by atoms with Crippen LogP contribution in [0, 0.1) is 12.8 Å². The molecule has 0 unspecified atom stereocenters. The molecule has 2 aromatic heterocycles. The fourth-order valence-corrected chi connectivity index (χ4v) is 3.83. The lowest BCUT2D eigenvalue weighted by molar-refractivity contribution is -0.0437. The molecule has 12 heteroatoms. The average molecular weight is 541 g/mol. The first kappa shape index (κ1) is 31.8. The molecular formula is C25H37ClN4O7. The maximum absolute atomic E-state index is 11.7. The third-order valence-electron chi connectivity index (χ3n) is 5.71. The molecule has 0 bridgehead atoms. The topological polar surface area (TPSA) is 148 Å². The van der Waals surface area contributed by atoms with Crippen molar-refractivity contribution in [3.05, 3.63) is 17.5 Å². The number of hydrogen-bond donors (Lipinski definition) is 2. The van der Waals surface area contributed by atoms with Gasteiger partial charge in [0.2, 0.25) is 5.28 Å². The van der Waals surface area contributed by atoms with E-state index in [0.717, 1.165) is 43.9 Å². The summed E-state index contributed by atoms with van der Waals surface area (Å²) in [5.41, 5.74) is 6.51. The number of aromatic nitrogens is 3. The third kappa shape index (κ3) is 9.98. The van der Waals surface area contributed by atoms with E-state index in [9.17, 15) is 9.59 Å². The largest absolute Gasteiger partial charge is 0.508 e. The average Bonchev–Trinajstić information content (AvgIpc) is 3.53. The fraction of sp³-hybridized carbons (Fsp3) is 0.600. The number of halogens is 1. The minimum atomic E-state index is -1.18. The number of rotatable bonds is 9. The van der Waals surface area contributed by atoms with Gasteiger partial charge in [0.15, 0.2) is 0 Å². The third-order valence-corrected chi connectivity index (χ3v) is 5.88. The van der Waals surface area contributed by atoms with Crippen LogP contribution in [0.4, 0.5) is 15.4 Å². The van der Waals surface area contributed by atoms with E-state index in [4.69, 9.17) is 36.7 Å². The van der Waals surface area contributed by atoms with Gasteiger partial charge >= 0.3 is 12.3 Å². The van der Waals surface area contributed by atoms with Crippen molar-refractivity contribution in [1.29, 1.82) is 0 Å². The monoisotopic (exact) mass is 540 g/mol. The van der Waals surface area contributed by atoms with Crippen LogP contribution in [0.15, 0.2) is 12.3 Å². The molecule has 11 nitrogen and oxygen atoms in total. The number of carboxylic acid groups (broad SMARTS) is 1. The second-order valence-corrected chi connectivity index (χ2v) is 8.41. The summed E-state index contributed by atoms with van der Waals surface area (Å²) in [5.74, 6) is 0.334. The molecule has 37 heavy (non-hydrogen) atoms. The summed E-state index contributed by atoms with van der Waals surface area (Å²) in [5, 5.41) is 8.95. The number of terminal acetylenes is 1. The van der Waals surface area contributed by atoms with E-state index in [1.807, 2.05) is 44.5 Å². The highest BCUT2D eigenvalue weighted by Gasteiger charge is 2.29. The van der Waals surface area contributed by atoms with E-state index in [1.165, 1.54) is 0 Å². The Kier molecular flexibility index (Phi) is 14.2. The zero-order chi connectivity index (χ0) is 28.0. The lowest BCUT2D eigenvalue weighted by Crippen LogP contribution is -2.23. The highest BCUT2D eigenvalue weighted by atomic mass is 35.5. The van der Waals surface area contributed by atoms with Crippen molar-refractivity contribution in [2.45, 2.75) is 90.8 Å². The molecule has 0 aliphatic carbocycles. The van der Waals surface area contributed by atoms with Crippen LogP contribution in [0.3, 0.4) is 0 Å². The predicted octanol–water partition coefficient (Wildman–Crippen LogP) is 5.81. The van der Waals surface area contributed by atoms with Gasteiger partial charge in [-0.1, -0.05) is 27.7 Å². The van der Waals surface area contributed by atoms with Crippen LogP contribution in [0.2, 0.25) is 5.28 Å². The van der Waals surface area contributed by atoms with Gasteiger partial charge in [-0.2, -0.15) is 4.98 Å². The smallest absolute Gasteiger partial charge is 0.450 e. The van der Waals surface area contributed by atoms with Crippen molar-refractivity contribution in [3.63, 3.8) is 0 Å². The number of carbonyl (C=O) groups is 2. The van der Waals surface area contributed by atoms with Crippen molar-refractivity contribution in [3.8, 4) is 12.8 Å². The summed E-state index contributed by atoms with van der Waals surface area (Å²) in [4.78, 5) is 29.8. The molecule has 1 fully saturated rings. The maximum Gasteiger partial charge on any atom is 0.508 e. The Bertz CT molecular complexity index is 1010. The Morgan fingerprint density at radius 2 is 1.73 bits per heavy atom. The number of nitrogens with zero attached hydrogens (tertiary/aromatic N) is 3. The molecular weight excluding hydrogens is 504 g/mol. The summed E-state index contributed by atoms with van der Waals surface area (Å²) >= 11 is 5.91. The van der Waals surface area contributed by atoms with Crippen LogP contribution in [-0.4, -0.2) is 56.9 Å². The van der Waals surface area contributed by atoms with Gasteiger partial charge in [-0.3, -0.25) is 0 Å². The van der Waals surface area contributed by atoms with Crippen LogP contribution >= 0.6 is 11.6 Å². The van der Waals surface area contributed by atoms with Crippen molar-refractivity contribution in [2.24, 2.45) is 0 Å². The van der Waals surface area contributed by atoms with Gasteiger partial charge in [0.05, 0.1) is 11.5 Å². The molecule has 206 valence electrons. The highest BCUT2D eigenvalue weighted by molar-refractivity contribution is 6.28. The fourth-order valence-electron chi connectivity index (χ4n) is 3.66. The van der Waals surface area contributed by atoms with E-state index in [1.54, 1.807) is 0 Å². The molecule has 1 saturated heterocycles. The van der Waals surface area contributed by atoms with Crippen molar-refractivity contribution in [2.75, 3.05) is 12.3 Å². The minimum absolute atomic E-state index is 0.0944. The maximum atomic E-state index is 11.7. The van der Waals surface area contributed by atoms with Crippen LogP contribution in [0.25, 0.3) is 11.0 Å². The molecule has 3 rings (SSSR count). The van der Waals surface area contributed by atoms with E-state index in [-0.39, 0.29) is 36.4 Å². The number of nitrogens with two attached hydrogens (primary N) is 1. The molecule has 1 aliphatic heterocycles. The van der Waals surface area contributed by atoms with Crippen LogP contribution in [-0.2, 0) is 18.9 Å². The molecule has 1 aliphatic rings. The molecule has 0 saturated carbocycles.